The summed E-state index contributed by atoms with van der Waals surface area (Å²) in [7, 11) is 5.41. The molecule has 0 saturated heterocycles. The quantitative estimate of drug-likeness (QED) is 0.0260. The predicted octanol–water partition coefficient (Wildman–Crippen LogP) is 12.9. The Bertz CT molecular complexity index is 1080. The number of esters is 2. The number of carboxylic acids is 1. The van der Waals surface area contributed by atoms with E-state index < -0.39 is 18.1 Å². The summed E-state index contributed by atoms with van der Waals surface area (Å²) in [4.78, 5) is 37.0. The smallest absolute Gasteiger partial charge is 0.306 e. The number of carbonyl (C=O) groups is 3. The zero-order chi connectivity index (χ0) is 44.2. The second kappa shape index (κ2) is 43.2. The SMILES string of the molecule is CCCCC/C=C/C/C=C/CCCCCCCCCC(=O)OCC(COCCC(C(=O)[O-])[N+](C)(C)C)OC(=O)CCCCCCCCC/C=C/CCCCCCCCCC. The van der Waals surface area contributed by atoms with E-state index in [-0.39, 0.29) is 42.7 Å². The normalized spacial score (nSPS) is 13.2. The Morgan fingerprint density at radius 1 is 0.500 bits per heavy atom. The Morgan fingerprint density at radius 2 is 0.883 bits per heavy atom. The molecule has 0 radical (unpaired) electrons. The molecule has 0 aromatic heterocycles. The molecule has 0 aliphatic rings. The van der Waals surface area contributed by atoms with Crippen LogP contribution >= 0.6 is 0 Å². The van der Waals surface area contributed by atoms with E-state index in [1.54, 1.807) is 21.1 Å². The summed E-state index contributed by atoms with van der Waals surface area (Å²) in [6, 6.07) is -0.727. The maximum atomic E-state index is 12.8. The van der Waals surface area contributed by atoms with Crippen LogP contribution in [0.5, 0.6) is 0 Å². The lowest BCUT2D eigenvalue weighted by Crippen LogP contribution is -2.55. The third-order valence-corrected chi connectivity index (χ3v) is 11.2. The van der Waals surface area contributed by atoms with Gasteiger partial charge in [-0.05, 0) is 70.6 Å². The van der Waals surface area contributed by atoms with Crippen LogP contribution in [0.4, 0.5) is 0 Å². The fraction of sp³-hybridized carbons (Fsp3) is 0.827. The third kappa shape index (κ3) is 40.9. The number of carbonyl (C=O) groups excluding carboxylic acids is 3. The van der Waals surface area contributed by atoms with Gasteiger partial charge in [-0.1, -0.05) is 172 Å². The topological polar surface area (TPSA) is 102 Å². The summed E-state index contributed by atoms with van der Waals surface area (Å²) < 4.78 is 17.2. The number of aliphatic carboxylic acids is 1. The van der Waals surface area contributed by atoms with Gasteiger partial charge in [0.1, 0.15) is 12.6 Å². The molecular weight excluding hydrogens is 751 g/mol. The molecule has 0 rings (SSSR count). The average Bonchev–Trinajstić information content (AvgIpc) is 3.21. The van der Waals surface area contributed by atoms with E-state index in [4.69, 9.17) is 14.2 Å². The van der Waals surface area contributed by atoms with Crippen LogP contribution in [0.1, 0.15) is 226 Å². The molecule has 60 heavy (non-hydrogen) atoms. The fourth-order valence-corrected chi connectivity index (χ4v) is 7.33. The predicted molar refractivity (Wildman–Crippen MR) is 250 cm³/mol. The van der Waals surface area contributed by atoms with Gasteiger partial charge in [0.15, 0.2) is 6.10 Å². The molecule has 0 aromatic carbocycles. The number of hydrogen-bond donors (Lipinski definition) is 0. The molecule has 2 atom stereocenters. The van der Waals surface area contributed by atoms with Crippen molar-refractivity contribution < 1.29 is 38.2 Å². The van der Waals surface area contributed by atoms with E-state index in [1.807, 2.05) is 0 Å². The summed E-state index contributed by atoms with van der Waals surface area (Å²) in [6.07, 6.45) is 50.2. The molecule has 350 valence electrons. The lowest BCUT2D eigenvalue weighted by Gasteiger charge is -2.34. The molecule has 0 spiro atoms. The number of unbranched alkanes of at least 4 members (excludes halogenated alkanes) is 25. The maximum Gasteiger partial charge on any atom is 0.306 e. The van der Waals surface area contributed by atoms with Gasteiger partial charge in [-0.3, -0.25) is 9.59 Å². The van der Waals surface area contributed by atoms with Crippen LogP contribution in [-0.2, 0) is 28.6 Å². The van der Waals surface area contributed by atoms with Crippen molar-refractivity contribution >= 4 is 17.9 Å². The van der Waals surface area contributed by atoms with Gasteiger partial charge in [-0.25, -0.2) is 0 Å². The molecule has 8 heteroatoms. The minimum Gasteiger partial charge on any atom is -0.544 e. The van der Waals surface area contributed by atoms with Crippen LogP contribution in [0.2, 0.25) is 0 Å². The first-order chi connectivity index (χ1) is 29.1. The third-order valence-electron chi connectivity index (χ3n) is 11.2. The largest absolute Gasteiger partial charge is 0.544 e. The summed E-state index contributed by atoms with van der Waals surface area (Å²) in [6.45, 7) is 4.65. The van der Waals surface area contributed by atoms with Gasteiger partial charge in [0.05, 0.1) is 40.3 Å². The van der Waals surface area contributed by atoms with Gasteiger partial charge in [-0.15, -0.1) is 0 Å². The summed E-state index contributed by atoms with van der Waals surface area (Å²) in [5.41, 5.74) is 0. The zero-order valence-corrected chi connectivity index (χ0v) is 39.9. The van der Waals surface area contributed by atoms with Crippen LogP contribution in [-0.4, -0.2) is 75.5 Å². The Hall–Kier alpha value is -2.45. The van der Waals surface area contributed by atoms with Gasteiger partial charge in [0.25, 0.3) is 0 Å². The van der Waals surface area contributed by atoms with Crippen molar-refractivity contribution in [3.63, 3.8) is 0 Å². The minimum absolute atomic E-state index is 0.0380. The molecule has 0 fully saturated rings. The first kappa shape index (κ1) is 57.5. The van der Waals surface area contributed by atoms with Crippen molar-refractivity contribution in [1.82, 2.24) is 0 Å². The van der Waals surface area contributed by atoms with Crippen LogP contribution in [0.25, 0.3) is 0 Å². The van der Waals surface area contributed by atoms with Crippen molar-refractivity contribution in [1.29, 1.82) is 0 Å². The number of hydrogen-bond acceptors (Lipinski definition) is 7. The number of carboxylic acid groups (broad SMARTS) is 1. The van der Waals surface area contributed by atoms with Crippen LogP contribution < -0.4 is 5.11 Å². The summed E-state index contributed by atoms with van der Waals surface area (Å²) in [5, 5.41) is 11.7. The van der Waals surface area contributed by atoms with Gasteiger partial charge < -0.3 is 28.6 Å². The first-order valence-electron chi connectivity index (χ1n) is 25.0. The molecule has 0 aliphatic carbocycles. The second-order valence-electron chi connectivity index (χ2n) is 18.0. The van der Waals surface area contributed by atoms with E-state index in [0.29, 0.717) is 12.8 Å². The monoisotopic (exact) mass is 846 g/mol. The molecule has 8 nitrogen and oxygen atoms in total. The average molecular weight is 846 g/mol. The molecular formula is C52H95NO7. The highest BCUT2D eigenvalue weighted by atomic mass is 16.6. The Kier molecular flexibility index (Phi) is 41.4. The molecule has 2 unspecified atom stereocenters. The zero-order valence-electron chi connectivity index (χ0n) is 39.9. The van der Waals surface area contributed by atoms with Gasteiger partial charge in [0.2, 0.25) is 0 Å². The van der Waals surface area contributed by atoms with Crippen molar-refractivity contribution in [2.24, 2.45) is 0 Å². The van der Waals surface area contributed by atoms with E-state index in [9.17, 15) is 19.5 Å². The van der Waals surface area contributed by atoms with E-state index >= 15 is 0 Å². The number of rotatable bonds is 45. The van der Waals surface area contributed by atoms with E-state index in [2.05, 4.69) is 50.3 Å². The number of nitrogens with zero attached hydrogens (tertiary/aromatic N) is 1. The molecule has 0 aliphatic heterocycles. The standard InChI is InChI=1S/C52H95NO7/c1-6-8-10-12-14-16-18-20-22-24-25-27-29-31-33-35-37-39-41-43-51(55)60-48(46-58-45-44-49(52(56)57)53(3,4)5)47-59-50(54)42-40-38-36-34-32-30-28-26-23-21-19-17-15-13-11-9-7-2/h15,17,21,23-25,48-49H,6-14,16,18-20,22,26-47H2,1-5H3/b17-15+,23-21+,25-24+. The van der Waals surface area contributed by atoms with E-state index in [0.717, 1.165) is 51.4 Å². The fourth-order valence-electron chi connectivity index (χ4n) is 7.33. The van der Waals surface area contributed by atoms with Crippen LogP contribution in [0, 0.1) is 0 Å². The molecule has 0 N–H and O–H groups in total. The lowest BCUT2D eigenvalue weighted by molar-refractivity contribution is -0.889. The molecule has 0 bridgehead atoms. The van der Waals surface area contributed by atoms with Gasteiger partial charge in [0, 0.05) is 19.3 Å². The first-order valence-corrected chi connectivity index (χ1v) is 25.0. The lowest BCUT2D eigenvalue weighted by atomic mass is 10.1. The van der Waals surface area contributed by atoms with Crippen molar-refractivity contribution in [3.8, 4) is 0 Å². The highest BCUT2D eigenvalue weighted by Crippen LogP contribution is 2.15. The van der Waals surface area contributed by atoms with Crippen LogP contribution in [0.15, 0.2) is 36.5 Å². The number of quaternary nitrogens is 1. The maximum absolute atomic E-state index is 12.8. The van der Waals surface area contributed by atoms with E-state index in [1.165, 1.54) is 141 Å². The molecule has 0 saturated carbocycles. The minimum atomic E-state index is -1.13. The summed E-state index contributed by atoms with van der Waals surface area (Å²) >= 11 is 0. The van der Waals surface area contributed by atoms with Crippen molar-refractivity contribution in [2.75, 3.05) is 41.0 Å². The highest BCUT2D eigenvalue weighted by molar-refractivity contribution is 5.70. The van der Waals surface area contributed by atoms with Gasteiger partial charge in [-0.2, -0.15) is 0 Å². The van der Waals surface area contributed by atoms with Crippen molar-refractivity contribution in [3.05, 3.63) is 36.5 Å². The molecule has 0 amide bonds. The Balaban J connectivity index is 4.28. The Labute approximate surface area is 370 Å². The van der Waals surface area contributed by atoms with Crippen molar-refractivity contribution in [2.45, 2.75) is 238 Å². The highest BCUT2D eigenvalue weighted by Gasteiger charge is 2.25. The number of ether oxygens (including phenoxy) is 3. The summed E-state index contributed by atoms with van der Waals surface area (Å²) in [5.74, 6) is -1.74. The van der Waals surface area contributed by atoms with Gasteiger partial charge >= 0.3 is 11.9 Å². The molecule has 0 heterocycles. The number of likely N-dealkylation sites (N-methyl/N-ethyl adjacent to an activating group) is 1. The Morgan fingerprint density at radius 3 is 1.33 bits per heavy atom. The molecule has 0 aromatic rings. The van der Waals surface area contributed by atoms with Crippen LogP contribution in [0.3, 0.4) is 0 Å². The second-order valence-corrected chi connectivity index (χ2v) is 18.0. The number of allylic oxidation sites excluding steroid dienone is 6.